The molecule has 0 atom stereocenters. The summed E-state index contributed by atoms with van der Waals surface area (Å²) in [6.07, 6.45) is 2.92. The highest BCUT2D eigenvalue weighted by Gasteiger charge is 2.04. The number of carbonyl (C=O) groups excluding carboxylic acids is 1. The lowest BCUT2D eigenvalue weighted by Crippen LogP contribution is -2.09. The fraction of sp³-hybridized carbons (Fsp3) is 0.100. The average molecular weight is 258 g/mol. The van der Waals surface area contributed by atoms with Crippen molar-refractivity contribution >= 4 is 27.5 Å². The maximum atomic E-state index is 13.1. The van der Waals surface area contributed by atoms with Crippen LogP contribution < -0.4 is 5.32 Å². The van der Waals surface area contributed by atoms with Crippen molar-refractivity contribution in [3.05, 3.63) is 40.6 Å². The number of anilines is 1. The molecule has 1 N–H and O–H groups in total. The van der Waals surface area contributed by atoms with Crippen molar-refractivity contribution in [2.24, 2.45) is 0 Å². The van der Waals surface area contributed by atoms with Gasteiger partial charge >= 0.3 is 0 Å². The van der Waals surface area contributed by atoms with E-state index < -0.39 is 5.82 Å². The summed E-state index contributed by atoms with van der Waals surface area (Å²) in [6.45, 7) is 1.72. The predicted octanol–water partition coefficient (Wildman–Crippen LogP) is 3.10. The van der Waals surface area contributed by atoms with Gasteiger partial charge in [0, 0.05) is 4.47 Å². The van der Waals surface area contributed by atoms with Crippen molar-refractivity contribution in [3.8, 4) is 0 Å². The minimum absolute atomic E-state index is 0.169. The van der Waals surface area contributed by atoms with Crippen molar-refractivity contribution in [1.29, 1.82) is 0 Å². The van der Waals surface area contributed by atoms with Gasteiger partial charge in [-0.3, -0.25) is 4.79 Å². The molecule has 0 aromatic heterocycles. The largest absolute Gasteiger partial charge is 0.320 e. The number of amides is 1. The number of carbonyl (C=O) groups is 1. The standard InChI is InChI=1S/C10H9BrFNO/c1-2-3-10(14)13-9-6-7(11)4-5-8(9)12/h2-6H,1H3,(H,13,14). The van der Waals surface area contributed by atoms with Crippen molar-refractivity contribution in [2.75, 3.05) is 5.32 Å². The first-order valence-corrected chi connectivity index (χ1v) is 4.81. The molecule has 1 aromatic carbocycles. The number of rotatable bonds is 2. The van der Waals surface area contributed by atoms with Crippen LogP contribution in [0.15, 0.2) is 34.8 Å². The van der Waals surface area contributed by atoms with Crippen LogP contribution in [0, 0.1) is 5.82 Å². The molecule has 1 rings (SSSR count). The molecule has 0 aliphatic carbocycles. The highest BCUT2D eigenvalue weighted by molar-refractivity contribution is 9.10. The Morgan fingerprint density at radius 3 is 2.93 bits per heavy atom. The van der Waals surface area contributed by atoms with E-state index in [0.717, 1.165) is 4.47 Å². The predicted molar refractivity (Wildman–Crippen MR) is 57.5 cm³/mol. The lowest BCUT2D eigenvalue weighted by molar-refractivity contribution is -0.111. The number of halogens is 2. The van der Waals surface area contributed by atoms with Crippen molar-refractivity contribution < 1.29 is 9.18 Å². The zero-order chi connectivity index (χ0) is 10.6. The number of benzene rings is 1. The lowest BCUT2D eigenvalue weighted by atomic mass is 10.3. The van der Waals surface area contributed by atoms with Crippen molar-refractivity contribution in [3.63, 3.8) is 0 Å². The summed E-state index contributed by atoms with van der Waals surface area (Å²) in [7, 11) is 0. The molecule has 0 aliphatic heterocycles. The van der Waals surface area contributed by atoms with Gasteiger partial charge in [-0.25, -0.2) is 4.39 Å². The van der Waals surface area contributed by atoms with E-state index >= 15 is 0 Å². The van der Waals surface area contributed by atoms with E-state index in [2.05, 4.69) is 21.2 Å². The van der Waals surface area contributed by atoms with E-state index in [-0.39, 0.29) is 11.6 Å². The van der Waals surface area contributed by atoms with Gasteiger partial charge in [0.1, 0.15) is 5.82 Å². The summed E-state index contributed by atoms with van der Waals surface area (Å²) in [4.78, 5) is 11.1. The normalized spacial score (nSPS) is 10.5. The maximum Gasteiger partial charge on any atom is 0.248 e. The smallest absolute Gasteiger partial charge is 0.248 e. The Balaban J connectivity index is 2.85. The Hall–Kier alpha value is -1.16. The number of allylic oxidation sites excluding steroid dienone is 1. The highest BCUT2D eigenvalue weighted by atomic mass is 79.9. The zero-order valence-corrected chi connectivity index (χ0v) is 9.14. The van der Waals surface area contributed by atoms with Gasteiger partial charge in [-0.1, -0.05) is 22.0 Å². The average Bonchev–Trinajstić information content (AvgIpc) is 2.12. The van der Waals surface area contributed by atoms with Crippen LogP contribution in [0.4, 0.5) is 10.1 Å². The molecule has 0 aliphatic rings. The van der Waals surface area contributed by atoms with Crippen LogP contribution in [0.3, 0.4) is 0 Å². The second-order valence-corrected chi connectivity index (χ2v) is 3.53. The first-order chi connectivity index (χ1) is 6.63. The molecule has 0 saturated heterocycles. The molecule has 0 radical (unpaired) electrons. The summed E-state index contributed by atoms with van der Waals surface area (Å²) in [5.74, 6) is -0.796. The van der Waals surface area contributed by atoms with Gasteiger partial charge in [0.05, 0.1) is 5.69 Å². The summed E-state index contributed by atoms with van der Waals surface area (Å²) in [5.41, 5.74) is 0.169. The molecule has 14 heavy (non-hydrogen) atoms. The topological polar surface area (TPSA) is 29.1 Å². The van der Waals surface area contributed by atoms with Crippen molar-refractivity contribution in [1.82, 2.24) is 0 Å². The van der Waals surface area contributed by atoms with Crippen LogP contribution in [0.5, 0.6) is 0 Å². The van der Waals surface area contributed by atoms with Gasteiger partial charge < -0.3 is 5.32 Å². The maximum absolute atomic E-state index is 13.1. The number of nitrogens with one attached hydrogen (secondary N) is 1. The summed E-state index contributed by atoms with van der Waals surface area (Å²) < 4.78 is 13.8. The number of hydrogen-bond donors (Lipinski definition) is 1. The quantitative estimate of drug-likeness (QED) is 0.811. The second-order valence-electron chi connectivity index (χ2n) is 2.61. The molecule has 1 amide bonds. The Labute approximate surface area is 89.9 Å². The fourth-order valence-corrected chi connectivity index (χ4v) is 1.28. The van der Waals surface area contributed by atoms with E-state index in [4.69, 9.17) is 0 Å². The molecule has 0 spiro atoms. The van der Waals surface area contributed by atoms with Crippen LogP contribution in [0.1, 0.15) is 6.92 Å². The van der Waals surface area contributed by atoms with Gasteiger partial charge in [-0.05, 0) is 31.2 Å². The third-order valence-electron chi connectivity index (χ3n) is 1.50. The third kappa shape index (κ3) is 2.96. The SMILES string of the molecule is CC=CC(=O)Nc1cc(Br)ccc1F. The van der Waals surface area contributed by atoms with Gasteiger partial charge in [-0.15, -0.1) is 0 Å². The molecule has 0 heterocycles. The molecular formula is C10H9BrFNO. The van der Waals surface area contributed by atoms with Crippen LogP contribution in [-0.2, 0) is 4.79 Å². The summed E-state index contributed by atoms with van der Waals surface area (Å²) >= 11 is 3.19. The highest BCUT2D eigenvalue weighted by Crippen LogP contribution is 2.19. The molecule has 0 unspecified atom stereocenters. The molecule has 0 fully saturated rings. The summed E-state index contributed by atoms with van der Waals surface area (Å²) in [5, 5.41) is 2.42. The fourth-order valence-electron chi connectivity index (χ4n) is 0.919. The monoisotopic (exact) mass is 257 g/mol. The Bertz CT molecular complexity index is 376. The molecule has 0 bridgehead atoms. The van der Waals surface area contributed by atoms with Crippen LogP contribution in [0.25, 0.3) is 0 Å². The van der Waals surface area contributed by atoms with Crippen LogP contribution in [0.2, 0.25) is 0 Å². The minimum atomic E-state index is -0.453. The van der Waals surface area contributed by atoms with Crippen molar-refractivity contribution in [2.45, 2.75) is 6.92 Å². The van der Waals surface area contributed by atoms with Crippen LogP contribution >= 0.6 is 15.9 Å². The lowest BCUT2D eigenvalue weighted by Gasteiger charge is -2.03. The molecule has 74 valence electrons. The first kappa shape index (κ1) is 10.9. The molecule has 2 nitrogen and oxygen atoms in total. The van der Waals surface area contributed by atoms with E-state index in [1.165, 1.54) is 18.2 Å². The van der Waals surface area contributed by atoms with E-state index in [9.17, 15) is 9.18 Å². The third-order valence-corrected chi connectivity index (χ3v) is 2.00. The van der Waals surface area contributed by atoms with Crippen LogP contribution in [-0.4, -0.2) is 5.91 Å². The minimum Gasteiger partial charge on any atom is -0.320 e. The molecular weight excluding hydrogens is 249 g/mol. The Morgan fingerprint density at radius 2 is 2.29 bits per heavy atom. The van der Waals surface area contributed by atoms with Gasteiger partial charge in [0.2, 0.25) is 5.91 Å². The zero-order valence-electron chi connectivity index (χ0n) is 7.55. The Morgan fingerprint density at radius 1 is 1.57 bits per heavy atom. The van der Waals surface area contributed by atoms with Gasteiger partial charge in [0.15, 0.2) is 0 Å². The van der Waals surface area contributed by atoms with E-state index in [0.29, 0.717) is 0 Å². The number of hydrogen-bond acceptors (Lipinski definition) is 1. The molecule has 0 saturated carbocycles. The first-order valence-electron chi connectivity index (χ1n) is 4.02. The van der Waals surface area contributed by atoms with Gasteiger partial charge in [0.25, 0.3) is 0 Å². The van der Waals surface area contributed by atoms with Gasteiger partial charge in [-0.2, -0.15) is 0 Å². The second kappa shape index (κ2) is 4.91. The van der Waals surface area contributed by atoms with E-state index in [1.807, 2.05) is 0 Å². The molecule has 1 aromatic rings. The van der Waals surface area contributed by atoms with E-state index in [1.54, 1.807) is 19.1 Å². The summed E-state index contributed by atoms with van der Waals surface area (Å²) in [6, 6.07) is 4.37. The Kier molecular flexibility index (Phi) is 3.83. The molecule has 4 heteroatoms.